The minimum absolute atomic E-state index is 0.222. The van der Waals surface area contributed by atoms with Crippen molar-refractivity contribution in [2.75, 3.05) is 18.5 Å². The predicted molar refractivity (Wildman–Crippen MR) is 56.4 cm³/mol. The van der Waals surface area contributed by atoms with E-state index in [2.05, 4.69) is 5.32 Å². The highest BCUT2D eigenvalue weighted by molar-refractivity contribution is 6.30. The number of anilines is 1. The third kappa shape index (κ3) is 3.25. The van der Waals surface area contributed by atoms with Crippen molar-refractivity contribution in [2.24, 2.45) is 0 Å². The molecule has 0 bridgehead atoms. The van der Waals surface area contributed by atoms with E-state index in [-0.39, 0.29) is 6.61 Å². The highest BCUT2D eigenvalue weighted by Crippen LogP contribution is 2.19. The molecule has 1 rings (SSSR count). The SMILES string of the molecule is Cc1cc(Cl)ccc1NCCCO. The van der Waals surface area contributed by atoms with Gasteiger partial charge in [-0.1, -0.05) is 11.6 Å². The van der Waals surface area contributed by atoms with Gasteiger partial charge in [-0.25, -0.2) is 0 Å². The molecule has 0 spiro atoms. The van der Waals surface area contributed by atoms with E-state index in [0.29, 0.717) is 0 Å². The Morgan fingerprint density at radius 1 is 1.46 bits per heavy atom. The lowest BCUT2D eigenvalue weighted by molar-refractivity contribution is 0.292. The zero-order chi connectivity index (χ0) is 9.68. The van der Waals surface area contributed by atoms with E-state index in [9.17, 15) is 0 Å². The van der Waals surface area contributed by atoms with Crippen LogP contribution in [0.4, 0.5) is 5.69 Å². The van der Waals surface area contributed by atoms with Crippen LogP contribution in [0.3, 0.4) is 0 Å². The third-order valence-corrected chi connectivity index (χ3v) is 2.07. The summed E-state index contributed by atoms with van der Waals surface area (Å²) in [5.74, 6) is 0. The molecule has 0 unspecified atom stereocenters. The molecule has 3 heteroatoms. The molecule has 1 aromatic rings. The molecule has 0 aliphatic carbocycles. The van der Waals surface area contributed by atoms with Gasteiger partial charge in [-0.15, -0.1) is 0 Å². The Bertz CT molecular complexity index is 276. The van der Waals surface area contributed by atoms with Crippen LogP contribution in [0.15, 0.2) is 18.2 Å². The second kappa shape index (κ2) is 5.10. The molecule has 2 nitrogen and oxygen atoms in total. The molecule has 0 heterocycles. The molecule has 0 saturated carbocycles. The summed E-state index contributed by atoms with van der Waals surface area (Å²) in [6, 6.07) is 5.73. The van der Waals surface area contributed by atoms with Crippen LogP contribution in [0.2, 0.25) is 5.02 Å². The first kappa shape index (κ1) is 10.4. The third-order valence-electron chi connectivity index (χ3n) is 1.84. The highest BCUT2D eigenvalue weighted by atomic mass is 35.5. The molecule has 0 atom stereocenters. The molecule has 2 N–H and O–H groups in total. The van der Waals surface area contributed by atoms with Gasteiger partial charge in [0.1, 0.15) is 0 Å². The first-order valence-corrected chi connectivity index (χ1v) is 4.72. The number of rotatable bonds is 4. The summed E-state index contributed by atoms with van der Waals surface area (Å²) in [4.78, 5) is 0. The molecule has 13 heavy (non-hydrogen) atoms. The minimum atomic E-state index is 0.222. The number of hydrogen-bond donors (Lipinski definition) is 2. The Morgan fingerprint density at radius 3 is 2.85 bits per heavy atom. The van der Waals surface area contributed by atoms with Crippen LogP contribution in [0, 0.1) is 6.92 Å². The van der Waals surface area contributed by atoms with Gasteiger partial charge in [0.2, 0.25) is 0 Å². The molecule has 0 fully saturated rings. The summed E-state index contributed by atoms with van der Waals surface area (Å²) in [7, 11) is 0. The number of nitrogens with one attached hydrogen (secondary N) is 1. The topological polar surface area (TPSA) is 32.3 Å². The summed E-state index contributed by atoms with van der Waals surface area (Å²) in [6.45, 7) is 3.02. The predicted octanol–water partition coefficient (Wildman–Crippen LogP) is 2.44. The van der Waals surface area contributed by atoms with Crippen LogP contribution < -0.4 is 5.32 Å². The fraction of sp³-hybridized carbons (Fsp3) is 0.400. The lowest BCUT2D eigenvalue weighted by atomic mass is 10.2. The number of aliphatic hydroxyl groups excluding tert-OH is 1. The number of aliphatic hydroxyl groups is 1. The maximum atomic E-state index is 8.60. The van der Waals surface area contributed by atoms with Crippen molar-refractivity contribution in [1.29, 1.82) is 0 Å². The molecular formula is C10H14ClNO. The monoisotopic (exact) mass is 199 g/mol. The van der Waals surface area contributed by atoms with E-state index in [1.807, 2.05) is 25.1 Å². The van der Waals surface area contributed by atoms with E-state index in [1.54, 1.807) is 0 Å². The maximum Gasteiger partial charge on any atom is 0.0447 e. The largest absolute Gasteiger partial charge is 0.396 e. The smallest absolute Gasteiger partial charge is 0.0447 e. The zero-order valence-electron chi connectivity index (χ0n) is 7.68. The van der Waals surface area contributed by atoms with E-state index in [0.717, 1.165) is 29.2 Å². The summed E-state index contributed by atoms with van der Waals surface area (Å²) in [5.41, 5.74) is 2.21. The van der Waals surface area contributed by atoms with Gasteiger partial charge in [0.15, 0.2) is 0 Å². The Balaban J connectivity index is 2.56. The van der Waals surface area contributed by atoms with E-state index in [1.165, 1.54) is 0 Å². The average Bonchev–Trinajstić information content (AvgIpc) is 2.09. The number of aryl methyl sites for hydroxylation is 1. The highest BCUT2D eigenvalue weighted by Gasteiger charge is 1.97. The van der Waals surface area contributed by atoms with Crippen molar-refractivity contribution in [3.05, 3.63) is 28.8 Å². The van der Waals surface area contributed by atoms with Gasteiger partial charge in [-0.2, -0.15) is 0 Å². The molecule has 72 valence electrons. The Morgan fingerprint density at radius 2 is 2.23 bits per heavy atom. The normalized spacial score (nSPS) is 10.1. The number of hydrogen-bond acceptors (Lipinski definition) is 2. The maximum absolute atomic E-state index is 8.60. The van der Waals surface area contributed by atoms with Gasteiger partial charge in [0.25, 0.3) is 0 Å². The molecule has 0 aliphatic heterocycles. The summed E-state index contributed by atoms with van der Waals surface area (Å²) >= 11 is 5.81. The molecule has 0 aromatic heterocycles. The fourth-order valence-corrected chi connectivity index (χ4v) is 1.35. The van der Waals surface area contributed by atoms with E-state index < -0.39 is 0 Å². The van der Waals surface area contributed by atoms with Crippen LogP contribution in [0.1, 0.15) is 12.0 Å². The van der Waals surface area contributed by atoms with Crippen molar-refractivity contribution in [1.82, 2.24) is 0 Å². The van der Waals surface area contributed by atoms with Gasteiger partial charge < -0.3 is 10.4 Å². The molecule has 0 saturated heterocycles. The quantitative estimate of drug-likeness (QED) is 0.731. The van der Waals surface area contributed by atoms with Crippen LogP contribution in [-0.2, 0) is 0 Å². The van der Waals surface area contributed by atoms with Gasteiger partial charge in [0, 0.05) is 23.9 Å². The molecule has 0 aliphatic rings. The van der Waals surface area contributed by atoms with Crippen LogP contribution in [-0.4, -0.2) is 18.3 Å². The summed E-state index contributed by atoms with van der Waals surface area (Å²) in [5, 5.41) is 12.6. The van der Waals surface area contributed by atoms with Gasteiger partial charge in [0.05, 0.1) is 0 Å². The first-order chi connectivity index (χ1) is 6.24. The summed E-state index contributed by atoms with van der Waals surface area (Å²) < 4.78 is 0. The Kier molecular flexibility index (Phi) is 4.06. The van der Waals surface area contributed by atoms with Gasteiger partial charge >= 0.3 is 0 Å². The van der Waals surface area contributed by atoms with Crippen molar-refractivity contribution in [3.8, 4) is 0 Å². The zero-order valence-corrected chi connectivity index (χ0v) is 8.43. The molecular weight excluding hydrogens is 186 g/mol. The van der Waals surface area contributed by atoms with Gasteiger partial charge in [-0.05, 0) is 37.1 Å². The molecule has 1 aromatic carbocycles. The van der Waals surface area contributed by atoms with Crippen LogP contribution in [0.5, 0.6) is 0 Å². The summed E-state index contributed by atoms with van der Waals surface area (Å²) in [6.07, 6.45) is 0.766. The standard InChI is InChI=1S/C10H14ClNO/c1-8-7-9(11)3-4-10(8)12-5-2-6-13/h3-4,7,12-13H,2,5-6H2,1H3. The van der Waals surface area contributed by atoms with Crippen molar-refractivity contribution >= 4 is 17.3 Å². The molecule has 0 radical (unpaired) electrons. The van der Waals surface area contributed by atoms with Crippen molar-refractivity contribution in [2.45, 2.75) is 13.3 Å². The average molecular weight is 200 g/mol. The van der Waals surface area contributed by atoms with Gasteiger partial charge in [-0.3, -0.25) is 0 Å². The van der Waals surface area contributed by atoms with E-state index in [4.69, 9.17) is 16.7 Å². The fourth-order valence-electron chi connectivity index (χ4n) is 1.13. The second-order valence-electron chi connectivity index (χ2n) is 2.96. The molecule has 0 amide bonds. The van der Waals surface area contributed by atoms with Crippen molar-refractivity contribution < 1.29 is 5.11 Å². The van der Waals surface area contributed by atoms with Crippen molar-refractivity contribution in [3.63, 3.8) is 0 Å². The van der Waals surface area contributed by atoms with Crippen LogP contribution >= 0.6 is 11.6 Å². The number of halogens is 1. The lowest BCUT2D eigenvalue weighted by Crippen LogP contribution is -2.04. The van der Waals surface area contributed by atoms with E-state index >= 15 is 0 Å². The first-order valence-electron chi connectivity index (χ1n) is 4.35. The van der Waals surface area contributed by atoms with Crippen LogP contribution in [0.25, 0.3) is 0 Å². The lowest BCUT2D eigenvalue weighted by Gasteiger charge is -2.08. The minimum Gasteiger partial charge on any atom is -0.396 e. The Hall–Kier alpha value is -0.730. The second-order valence-corrected chi connectivity index (χ2v) is 3.40. The number of benzene rings is 1. The Labute approximate surface area is 83.5 Å².